The molecule has 0 aliphatic heterocycles. The van der Waals surface area contributed by atoms with Crippen LogP contribution in [-0.2, 0) is 6.42 Å². The number of nitro groups is 1. The van der Waals surface area contributed by atoms with E-state index in [1.165, 1.54) is 12.1 Å². The van der Waals surface area contributed by atoms with E-state index in [1.54, 1.807) is 36.4 Å². The van der Waals surface area contributed by atoms with Gasteiger partial charge in [0.05, 0.1) is 4.92 Å². The molecule has 23 heavy (non-hydrogen) atoms. The monoisotopic (exact) mass is 308 g/mol. The number of hydrogen-bond donors (Lipinski definition) is 1. The Bertz CT molecular complexity index is 767. The second-order valence-electron chi connectivity index (χ2n) is 4.94. The van der Waals surface area contributed by atoms with Gasteiger partial charge in [-0.15, -0.1) is 0 Å². The normalized spacial score (nSPS) is 9.91. The zero-order valence-electron chi connectivity index (χ0n) is 12.5. The van der Waals surface area contributed by atoms with Gasteiger partial charge in [-0.05, 0) is 29.3 Å². The standard InChI is InChI=1S/C18H16N2O3/c1-3-14-9-10-17(20(22)23)12-16(14)11-13(2)19-18(21)15-7-5-4-6-8-15/h3-10,12H,1-2,11H2,(H,19,21). The summed E-state index contributed by atoms with van der Waals surface area (Å²) in [6.07, 6.45) is 1.91. The molecule has 0 radical (unpaired) electrons. The Morgan fingerprint density at radius 2 is 1.91 bits per heavy atom. The van der Waals surface area contributed by atoms with Crippen LogP contribution in [0.25, 0.3) is 6.08 Å². The van der Waals surface area contributed by atoms with E-state index in [9.17, 15) is 14.9 Å². The van der Waals surface area contributed by atoms with E-state index >= 15 is 0 Å². The van der Waals surface area contributed by atoms with Crippen molar-refractivity contribution in [2.24, 2.45) is 0 Å². The summed E-state index contributed by atoms with van der Waals surface area (Å²) >= 11 is 0. The summed E-state index contributed by atoms with van der Waals surface area (Å²) in [4.78, 5) is 22.5. The van der Waals surface area contributed by atoms with Crippen LogP contribution in [0, 0.1) is 10.1 Å². The lowest BCUT2D eigenvalue weighted by atomic mass is 10.0. The van der Waals surface area contributed by atoms with E-state index in [0.717, 1.165) is 5.56 Å². The molecule has 0 bridgehead atoms. The zero-order valence-corrected chi connectivity index (χ0v) is 12.5. The Morgan fingerprint density at radius 1 is 1.22 bits per heavy atom. The van der Waals surface area contributed by atoms with Gasteiger partial charge < -0.3 is 5.32 Å². The Kier molecular flexibility index (Phi) is 5.04. The van der Waals surface area contributed by atoms with Gasteiger partial charge in [-0.25, -0.2) is 0 Å². The predicted octanol–water partition coefficient (Wildman–Crippen LogP) is 3.72. The van der Waals surface area contributed by atoms with Crippen LogP contribution in [0.2, 0.25) is 0 Å². The van der Waals surface area contributed by atoms with Crippen LogP contribution in [0.3, 0.4) is 0 Å². The second-order valence-corrected chi connectivity index (χ2v) is 4.94. The molecule has 1 N–H and O–H groups in total. The van der Waals surface area contributed by atoms with E-state index in [4.69, 9.17) is 0 Å². The predicted molar refractivity (Wildman–Crippen MR) is 89.9 cm³/mol. The van der Waals surface area contributed by atoms with Gasteiger partial charge in [0.1, 0.15) is 0 Å². The van der Waals surface area contributed by atoms with Crippen molar-refractivity contribution >= 4 is 17.7 Å². The minimum Gasteiger partial charge on any atom is -0.326 e. The van der Waals surface area contributed by atoms with Crippen molar-refractivity contribution in [3.8, 4) is 0 Å². The van der Waals surface area contributed by atoms with E-state index in [1.807, 2.05) is 6.07 Å². The van der Waals surface area contributed by atoms with Crippen molar-refractivity contribution in [1.29, 1.82) is 0 Å². The summed E-state index contributed by atoms with van der Waals surface area (Å²) in [5.74, 6) is -0.263. The van der Waals surface area contributed by atoms with Gasteiger partial charge in [-0.3, -0.25) is 14.9 Å². The molecule has 5 heteroatoms. The number of rotatable bonds is 6. The average Bonchev–Trinajstić information content (AvgIpc) is 2.55. The number of non-ortho nitro benzene ring substituents is 1. The van der Waals surface area contributed by atoms with Gasteiger partial charge in [0, 0.05) is 29.8 Å². The van der Waals surface area contributed by atoms with E-state index in [-0.39, 0.29) is 11.6 Å². The van der Waals surface area contributed by atoms with Gasteiger partial charge >= 0.3 is 0 Å². The molecule has 2 aromatic rings. The summed E-state index contributed by atoms with van der Waals surface area (Å²) in [5, 5.41) is 13.6. The molecule has 0 aromatic heterocycles. The van der Waals surface area contributed by atoms with Crippen molar-refractivity contribution in [3.05, 3.63) is 94.2 Å². The third-order valence-corrected chi connectivity index (χ3v) is 3.29. The number of benzene rings is 2. The third kappa shape index (κ3) is 4.14. The van der Waals surface area contributed by atoms with Crippen molar-refractivity contribution in [2.75, 3.05) is 0 Å². The maximum atomic E-state index is 12.1. The quantitative estimate of drug-likeness (QED) is 0.653. The molecule has 0 heterocycles. The molecule has 5 nitrogen and oxygen atoms in total. The lowest BCUT2D eigenvalue weighted by Crippen LogP contribution is -2.23. The van der Waals surface area contributed by atoms with Crippen LogP contribution >= 0.6 is 0 Å². The fourth-order valence-electron chi connectivity index (χ4n) is 2.15. The van der Waals surface area contributed by atoms with Crippen LogP contribution in [0.5, 0.6) is 0 Å². The number of nitrogens with one attached hydrogen (secondary N) is 1. The molecule has 2 rings (SSSR count). The van der Waals surface area contributed by atoms with Crippen molar-refractivity contribution < 1.29 is 9.72 Å². The maximum Gasteiger partial charge on any atom is 0.269 e. The maximum absolute atomic E-state index is 12.1. The largest absolute Gasteiger partial charge is 0.326 e. The summed E-state index contributed by atoms with van der Waals surface area (Å²) in [7, 11) is 0. The molecule has 0 spiro atoms. The Balaban J connectivity index is 2.13. The molecule has 2 aromatic carbocycles. The highest BCUT2D eigenvalue weighted by molar-refractivity contribution is 5.95. The minimum absolute atomic E-state index is 0.00668. The molecule has 0 fully saturated rings. The van der Waals surface area contributed by atoms with Crippen molar-refractivity contribution in [1.82, 2.24) is 5.32 Å². The zero-order chi connectivity index (χ0) is 16.8. The van der Waals surface area contributed by atoms with Gasteiger partial charge in [-0.1, -0.05) is 37.4 Å². The summed E-state index contributed by atoms with van der Waals surface area (Å²) in [5.41, 5.74) is 2.44. The fraction of sp³-hybridized carbons (Fsp3) is 0.0556. The van der Waals surface area contributed by atoms with Gasteiger partial charge in [0.2, 0.25) is 0 Å². The first-order valence-electron chi connectivity index (χ1n) is 6.95. The number of nitrogens with zero attached hydrogens (tertiary/aromatic N) is 1. The molecule has 0 aliphatic carbocycles. The molecule has 0 atom stereocenters. The summed E-state index contributed by atoms with van der Waals surface area (Å²) < 4.78 is 0. The first-order chi connectivity index (χ1) is 11.0. The topological polar surface area (TPSA) is 72.2 Å². The minimum atomic E-state index is -0.457. The molecule has 116 valence electrons. The van der Waals surface area contributed by atoms with Crippen LogP contribution in [0.1, 0.15) is 21.5 Å². The number of hydrogen-bond acceptors (Lipinski definition) is 3. The molecule has 0 saturated heterocycles. The van der Waals surface area contributed by atoms with Crippen molar-refractivity contribution in [2.45, 2.75) is 6.42 Å². The molecular formula is C18H16N2O3. The van der Waals surface area contributed by atoms with E-state index < -0.39 is 4.92 Å². The Morgan fingerprint density at radius 3 is 2.52 bits per heavy atom. The summed E-state index contributed by atoms with van der Waals surface area (Å²) in [6, 6.07) is 13.3. The second kappa shape index (κ2) is 7.17. The number of amides is 1. The smallest absolute Gasteiger partial charge is 0.269 e. The van der Waals surface area contributed by atoms with Crippen LogP contribution in [-0.4, -0.2) is 10.8 Å². The molecule has 1 amide bonds. The van der Waals surface area contributed by atoms with Crippen molar-refractivity contribution in [3.63, 3.8) is 0 Å². The van der Waals surface area contributed by atoms with Crippen LogP contribution in [0.15, 0.2) is 67.4 Å². The SMILES string of the molecule is C=Cc1ccc([N+](=O)[O-])cc1CC(=C)NC(=O)c1ccccc1. The average molecular weight is 308 g/mol. The number of carbonyl (C=O) groups excluding carboxylic acids is 1. The molecule has 0 unspecified atom stereocenters. The fourth-order valence-corrected chi connectivity index (χ4v) is 2.15. The van der Waals surface area contributed by atoms with Crippen LogP contribution in [0.4, 0.5) is 5.69 Å². The van der Waals surface area contributed by atoms with Gasteiger partial charge in [-0.2, -0.15) is 0 Å². The first kappa shape index (κ1) is 16.2. The Labute approximate surface area is 134 Å². The number of allylic oxidation sites excluding steroid dienone is 1. The first-order valence-corrected chi connectivity index (χ1v) is 6.95. The molecule has 0 saturated carbocycles. The lowest BCUT2D eigenvalue weighted by Gasteiger charge is -2.10. The Hall–Kier alpha value is -3.21. The van der Waals surface area contributed by atoms with Crippen LogP contribution < -0.4 is 5.32 Å². The highest BCUT2D eigenvalue weighted by Gasteiger charge is 2.12. The number of carbonyl (C=O) groups is 1. The van der Waals surface area contributed by atoms with Gasteiger partial charge in [0.25, 0.3) is 11.6 Å². The summed E-state index contributed by atoms with van der Waals surface area (Å²) in [6.45, 7) is 7.52. The highest BCUT2D eigenvalue weighted by atomic mass is 16.6. The molecule has 0 aliphatic rings. The lowest BCUT2D eigenvalue weighted by molar-refractivity contribution is -0.384. The molecular weight excluding hydrogens is 292 g/mol. The third-order valence-electron chi connectivity index (χ3n) is 3.29. The number of nitro benzene ring substituents is 1. The van der Waals surface area contributed by atoms with E-state index in [0.29, 0.717) is 23.2 Å². The van der Waals surface area contributed by atoms with E-state index in [2.05, 4.69) is 18.5 Å². The highest BCUT2D eigenvalue weighted by Crippen LogP contribution is 2.20. The van der Waals surface area contributed by atoms with Gasteiger partial charge in [0.15, 0.2) is 0 Å².